The minimum atomic E-state index is -1.25. The quantitative estimate of drug-likeness (QED) is 0.0308. The number of hydrogen-bond donors (Lipinski definition) is 12. The number of carbonyl (C=O) groups excluding carboxylic acids is 6. The van der Waals surface area contributed by atoms with Crippen molar-refractivity contribution < 1.29 is 117 Å². The predicted molar refractivity (Wildman–Crippen MR) is 297 cm³/mol. The van der Waals surface area contributed by atoms with Crippen LogP contribution in [0.15, 0.2) is 0 Å². The highest BCUT2D eigenvalue weighted by Gasteiger charge is 2.45. The first-order valence-corrected chi connectivity index (χ1v) is 29.9. The van der Waals surface area contributed by atoms with Gasteiger partial charge in [0, 0.05) is 81.3 Å². The summed E-state index contributed by atoms with van der Waals surface area (Å²) >= 11 is 0. The fraction of sp³-hybridized carbons (Fsp3) is 0.895. The van der Waals surface area contributed by atoms with Crippen molar-refractivity contribution in [2.45, 2.75) is 198 Å². The lowest BCUT2D eigenvalue weighted by molar-refractivity contribution is -0.282. The average Bonchev–Trinajstić information content (AvgIpc) is 3.56. The van der Waals surface area contributed by atoms with Crippen LogP contribution in [0.5, 0.6) is 0 Å². The van der Waals surface area contributed by atoms with Crippen molar-refractivity contribution in [3.63, 3.8) is 0 Å². The highest BCUT2D eigenvalue weighted by atomic mass is 16.7. The molecule has 0 aromatic rings. The molecule has 3 aliphatic heterocycles. The molecule has 3 aliphatic rings. The van der Waals surface area contributed by atoms with Gasteiger partial charge >= 0.3 is 0 Å². The van der Waals surface area contributed by atoms with Gasteiger partial charge in [0.2, 0.25) is 17.7 Å². The minimum absolute atomic E-state index is 0.00636. The minimum Gasteiger partial charge on any atom is -0.394 e. The number of ketones is 3. The summed E-state index contributed by atoms with van der Waals surface area (Å²) < 4.78 is 51.7. The Morgan fingerprint density at radius 1 is 0.440 bits per heavy atom. The van der Waals surface area contributed by atoms with Crippen molar-refractivity contribution in [2.75, 3.05) is 98.9 Å². The van der Waals surface area contributed by atoms with Gasteiger partial charge in [0.15, 0.2) is 36.2 Å². The second-order valence-electron chi connectivity index (χ2n) is 23.0. The Bertz CT molecular complexity index is 1700. The van der Waals surface area contributed by atoms with Gasteiger partial charge in [-0.25, -0.2) is 0 Å². The highest BCUT2D eigenvalue weighted by Crippen LogP contribution is 2.31. The SMILES string of the molecule is CC(C)CCC(COCC(=O)CCCNC(=O)CCCO[C@@H]1OC(CO)[C@H](O)[C@H](O)C1C)(COCC(=O)CCCNC(=O)CCCO[C@@H]1OC(CO)[C@H](O)[C@H](O)C1C)COCC(=O)CCCNC(=O)CCCO[C@@H]1OC(CO)[C@H](O)[C@H](O)C1C. The third-order valence-corrected chi connectivity index (χ3v) is 15.2. The van der Waals surface area contributed by atoms with Gasteiger partial charge in [0.05, 0.1) is 77.8 Å². The Balaban J connectivity index is 1.44. The second-order valence-corrected chi connectivity index (χ2v) is 23.0. The predicted octanol–water partition coefficient (Wildman–Crippen LogP) is -1.53. The van der Waals surface area contributed by atoms with Crippen LogP contribution >= 0.6 is 0 Å². The average molecular weight is 1210 g/mol. The summed E-state index contributed by atoms with van der Waals surface area (Å²) in [6, 6.07) is 0. The number of carbonyl (C=O) groups is 6. The van der Waals surface area contributed by atoms with Crippen LogP contribution in [0.2, 0.25) is 0 Å². The molecular formula is C57H101N3O24. The molecule has 3 heterocycles. The standard InChI is InChI=1S/C57H101N3O24/c1-35(2)18-19-57(32-76-29-39(64)12-6-20-58-45(67)15-9-23-79-54-36(3)48(70)51(73)42(26-61)82-54,33-77-30-40(65)13-7-21-59-46(68)16-10-24-80-55-37(4)49(71)52(74)43(27-62)83-55)34-78-31-41(66)14-8-22-60-47(69)17-11-25-81-56-38(5)50(72)53(75)44(28-63)84-56/h35-38,42-44,48-56,61-63,70-75H,6-34H2,1-5H3,(H,58,67)(H,59,68)(H,60,69)/t36?,37?,38?,42?,43?,44?,48-,49-,50-,51+,52+,53+,54-,55-,56-,57?/m1/s1. The maximum Gasteiger partial charge on any atom is 0.220 e. The van der Waals surface area contributed by atoms with E-state index in [2.05, 4.69) is 16.0 Å². The maximum absolute atomic E-state index is 13.0. The van der Waals surface area contributed by atoms with E-state index in [9.17, 15) is 74.7 Å². The molecule has 12 N–H and O–H groups in total. The molecule has 3 amide bonds. The lowest BCUT2D eigenvalue weighted by Gasteiger charge is -2.40. The fourth-order valence-corrected chi connectivity index (χ4v) is 9.63. The number of amides is 3. The summed E-state index contributed by atoms with van der Waals surface area (Å²) in [6.45, 7) is 7.85. The largest absolute Gasteiger partial charge is 0.394 e. The number of aliphatic hydroxyl groups is 9. The molecule has 3 saturated heterocycles. The molecule has 488 valence electrons. The van der Waals surface area contributed by atoms with Crippen LogP contribution in [0.1, 0.15) is 125 Å². The number of Topliss-reactive ketones (excluding diaryl/α,β-unsaturated/α-hetero) is 3. The smallest absolute Gasteiger partial charge is 0.220 e. The second kappa shape index (κ2) is 41.0. The lowest BCUT2D eigenvalue weighted by atomic mass is 9.83. The molecule has 0 aromatic carbocycles. The van der Waals surface area contributed by atoms with Gasteiger partial charge in [-0.3, -0.25) is 28.8 Å². The topological polar surface area (TPSA) is 404 Å². The zero-order valence-corrected chi connectivity index (χ0v) is 49.9. The van der Waals surface area contributed by atoms with E-state index >= 15 is 0 Å². The molecule has 0 aliphatic carbocycles. The van der Waals surface area contributed by atoms with Crippen molar-refractivity contribution in [3.05, 3.63) is 0 Å². The molecule has 0 aromatic heterocycles. The first kappa shape index (κ1) is 75.0. The van der Waals surface area contributed by atoms with Crippen LogP contribution < -0.4 is 16.0 Å². The van der Waals surface area contributed by atoms with Crippen molar-refractivity contribution in [1.29, 1.82) is 0 Å². The molecule has 0 bridgehead atoms. The molecule has 15 atom stereocenters. The van der Waals surface area contributed by atoms with Gasteiger partial charge < -0.3 is 105 Å². The van der Waals surface area contributed by atoms with Crippen LogP contribution in [0, 0.1) is 29.1 Å². The Morgan fingerprint density at radius 3 is 0.988 bits per heavy atom. The summed E-state index contributed by atoms with van der Waals surface area (Å²) in [4.78, 5) is 76.6. The normalized spacial score (nSPS) is 28.8. The molecule has 6 unspecified atom stereocenters. The Kier molecular flexibility index (Phi) is 36.6. The third-order valence-electron chi connectivity index (χ3n) is 15.2. The number of rotatable bonds is 45. The lowest BCUT2D eigenvalue weighted by Crippen LogP contribution is -2.55. The van der Waals surface area contributed by atoms with E-state index in [-0.39, 0.29) is 159 Å². The van der Waals surface area contributed by atoms with Gasteiger partial charge in [-0.15, -0.1) is 0 Å². The Labute approximate surface area is 493 Å². The van der Waals surface area contributed by atoms with E-state index < -0.39 is 117 Å². The zero-order valence-electron chi connectivity index (χ0n) is 49.9. The summed E-state index contributed by atoms with van der Waals surface area (Å²) in [5, 5.41) is 97.5. The summed E-state index contributed by atoms with van der Waals surface area (Å²) in [7, 11) is 0. The van der Waals surface area contributed by atoms with E-state index in [0.29, 0.717) is 51.4 Å². The third kappa shape index (κ3) is 27.4. The monoisotopic (exact) mass is 1210 g/mol. The number of ether oxygens (including phenoxy) is 9. The molecule has 27 nitrogen and oxygen atoms in total. The number of hydrogen-bond acceptors (Lipinski definition) is 24. The Morgan fingerprint density at radius 2 is 0.726 bits per heavy atom. The maximum atomic E-state index is 13.0. The first-order valence-electron chi connectivity index (χ1n) is 29.9. The molecular weight excluding hydrogens is 1110 g/mol. The van der Waals surface area contributed by atoms with Gasteiger partial charge in [0.25, 0.3) is 0 Å². The zero-order chi connectivity index (χ0) is 62.2. The van der Waals surface area contributed by atoms with E-state index in [1.165, 1.54) is 0 Å². The fourth-order valence-electron chi connectivity index (χ4n) is 9.63. The molecule has 27 heteroatoms. The van der Waals surface area contributed by atoms with Crippen LogP contribution in [0.25, 0.3) is 0 Å². The Hall–Kier alpha value is -3.30. The van der Waals surface area contributed by atoms with Crippen molar-refractivity contribution in [3.8, 4) is 0 Å². The van der Waals surface area contributed by atoms with Crippen LogP contribution in [-0.2, 0) is 71.4 Å². The molecule has 3 fully saturated rings. The summed E-state index contributed by atoms with van der Waals surface area (Å²) in [5.41, 5.74) is -0.883. The molecule has 3 rings (SSSR count). The van der Waals surface area contributed by atoms with Gasteiger partial charge in [0.1, 0.15) is 56.4 Å². The van der Waals surface area contributed by atoms with Crippen LogP contribution in [0.3, 0.4) is 0 Å². The number of aliphatic hydroxyl groups excluding tert-OH is 9. The summed E-state index contributed by atoms with van der Waals surface area (Å²) in [6.07, 6.45) is -8.81. The van der Waals surface area contributed by atoms with E-state index in [1.807, 2.05) is 13.8 Å². The first-order chi connectivity index (χ1) is 40.1. The number of nitrogens with one attached hydrogen (secondary N) is 3. The summed E-state index contributed by atoms with van der Waals surface area (Å²) in [5.74, 6) is -2.86. The van der Waals surface area contributed by atoms with Crippen LogP contribution in [-0.4, -0.2) is 254 Å². The van der Waals surface area contributed by atoms with E-state index in [4.69, 9.17) is 42.6 Å². The highest BCUT2D eigenvalue weighted by molar-refractivity contribution is 5.81. The van der Waals surface area contributed by atoms with Gasteiger partial charge in [-0.05, 0) is 50.9 Å². The van der Waals surface area contributed by atoms with Crippen molar-refractivity contribution >= 4 is 35.1 Å². The van der Waals surface area contributed by atoms with Gasteiger partial charge in [-0.1, -0.05) is 41.0 Å². The van der Waals surface area contributed by atoms with E-state index in [1.54, 1.807) is 20.8 Å². The van der Waals surface area contributed by atoms with E-state index in [0.717, 1.165) is 0 Å². The molecule has 0 saturated carbocycles. The molecule has 0 radical (unpaired) electrons. The molecule has 84 heavy (non-hydrogen) atoms. The van der Waals surface area contributed by atoms with Crippen molar-refractivity contribution in [2.24, 2.45) is 29.1 Å². The van der Waals surface area contributed by atoms with Crippen molar-refractivity contribution in [1.82, 2.24) is 16.0 Å². The molecule has 0 spiro atoms. The van der Waals surface area contributed by atoms with Gasteiger partial charge in [-0.2, -0.15) is 0 Å². The van der Waals surface area contributed by atoms with Crippen LogP contribution in [0.4, 0.5) is 0 Å².